The third kappa shape index (κ3) is 2.70. The molecule has 2 rings (SSSR count). The van der Waals surface area contributed by atoms with E-state index in [1.807, 2.05) is 32.0 Å². The second-order valence-electron chi connectivity index (χ2n) is 4.62. The van der Waals surface area contributed by atoms with E-state index in [4.69, 9.17) is 17.3 Å². The van der Waals surface area contributed by atoms with Crippen molar-refractivity contribution in [3.63, 3.8) is 0 Å². The first-order chi connectivity index (χ1) is 9.40. The van der Waals surface area contributed by atoms with Crippen LogP contribution in [0, 0.1) is 13.8 Å². The predicted octanol–water partition coefficient (Wildman–Crippen LogP) is 3.98. The standard InChI is InChI=1S/C15H15ClN2O2/c1-8-4-3-5-9(2)13(8)18-14-11(15(19)20)6-10(17)7-12(14)16/h3-7,18H,17H2,1-2H3,(H,19,20). The van der Waals surface area contributed by atoms with Crippen molar-refractivity contribution in [2.75, 3.05) is 11.1 Å². The number of rotatable bonds is 3. The van der Waals surface area contributed by atoms with Gasteiger partial charge in [-0.3, -0.25) is 0 Å². The Morgan fingerprint density at radius 2 is 1.80 bits per heavy atom. The smallest absolute Gasteiger partial charge is 0.337 e. The zero-order chi connectivity index (χ0) is 14.9. The molecule has 0 saturated carbocycles. The molecule has 0 amide bonds. The molecule has 4 N–H and O–H groups in total. The first kappa shape index (κ1) is 14.2. The lowest BCUT2D eigenvalue weighted by molar-refractivity contribution is 0.0698. The van der Waals surface area contributed by atoms with Gasteiger partial charge in [0.1, 0.15) is 0 Å². The lowest BCUT2D eigenvalue weighted by Crippen LogP contribution is -2.06. The fourth-order valence-corrected chi connectivity index (χ4v) is 2.34. The van der Waals surface area contributed by atoms with E-state index in [-0.39, 0.29) is 10.6 Å². The minimum Gasteiger partial charge on any atom is -0.478 e. The summed E-state index contributed by atoms with van der Waals surface area (Å²) in [5, 5.41) is 12.7. The number of nitrogens with two attached hydrogens (primary N) is 1. The number of aryl methyl sites for hydroxylation is 2. The molecule has 0 heterocycles. The van der Waals surface area contributed by atoms with Crippen LogP contribution in [0.3, 0.4) is 0 Å². The molecule has 0 aliphatic rings. The first-order valence-electron chi connectivity index (χ1n) is 6.05. The monoisotopic (exact) mass is 290 g/mol. The number of anilines is 3. The van der Waals surface area contributed by atoms with Gasteiger partial charge in [-0.25, -0.2) is 4.79 Å². The highest BCUT2D eigenvalue weighted by Gasteiger charge is 2.16. The fraction of sp³-hybridized carbons (Fsp3) is 0.133. The van der Waals surface area contributed by atoms with E-state index in [2.05, 4.69) is 5.32 Å². The maximum absolute atomic E-state index is 11.3. The molecule has 0 atom stereocenters. The van der Waals surface area contributed by atoms with Crippen molar-refractivity contribution in [1.29, 1.82) is 0 Å². The SMILES string of the molecule is Cc1cccc(C)c1Nc1c(Cl)cc(N)cc1C(=O)O. The van der Waals surface area contributed by atoms with E-state index in [1.54, 1.807) is 0 Å². The van der Waals surface area contributed by atoms with Crippen molar-refractivity contribution in [3.8, 4) is 0 Å². The molecule has 0 spiro atoms. The summed E-state index contributed by atoms with van der Waals surface area (Å²) in [4.78, 5) is 11.3. The van der Waals surface area contributed by atoms with Gasteiger partial charge in [0.2, 0.25) is 0 Å². The molecule has 2 aromatic carbocycles. The number of carboxylic acids is 1. The summed E-state index contributed by atoms with van der Waals surface area (Å²) in [6.07, 6.45) is 0. The van der Waals surface area contributed by atoms with E-state index in [9.17, 15) is 9.90 Å². The van der Waals surface area contributed by atoms with E-state index in [0.717, 1.165) is 16.8 Å². The average molecular weight is 291 g/mol. The van der Waals surface area contributed by atoms with Crippen LogP contribution in [0.2, 0.25) is 5.02 Å². The fourth-order valence-electron chi connectivity index (χ4n) is 2.06. The lowest BCUT2D eigenvalue weighted by Gasteiger charge is -2.16. The maximum Gasteiger partial charge on any atom is 0.337 e. The third-order valence-corrected chi connectivity index (χ3v) is 3.37. The Morgan fingerprint density at radius 3 is 2.35 bits per heavy atom. The molecule has 4 nitrogen and oxygen atoms in total. The minimum atomic E-state index is -1.08. The summed E-state index contributed by atoms with van der Waals surface area (Å²) in [7, 11) is 0. The minimum absolute atomic E-state index is 0.0534. The number of benzene rings is 2. The van der Waals surface area contributed by atoms with Crippen LogP contribution in [0.1, 0.15) is 21.5 Å². The Kier molecular flexibility index (Phi) is 3.86. The largest absolute Gasteiger partial charge is 0.478 e. The van der Waals surface area contributed by atoms with E-state index in [0.29, 0.717) is 11.4 Å². The van der Waals surface area contributed by atoms with Crippen molar-refractivity contribution in [2.45, 2.75) is 13.8 Å². The van der Waals surface area contributed by atoms with E-state index < -0.39 is 5.97 Å². The van der Waals surface area contributed by atoms with Crippen molar-refractivity contribution in [3.05, 3.63) is 52.0 Å². The van der Waals surface area contributed by atoms with Crippen LogP contribution in [0.25, 0.3) is 0 Å². The highest BCUT2D eigenvalue weighted by atomic mass is 35.5. The number of halogens is 1. The normalized spacial score (nSPS) is 10.3. The Morgan fingerprint density at radius 1 is 1.20 bits per heavy atom. The van der Waals surface area contributed by atoms with Crippen molar-refractivity contribution in [1.82, 2.24) is 0 Å². The molecule has 0 aliphatic carbocycles. The number of hydrogen-bond donors (Lipinski definition) is 3. The molecule has 2 aromatic rings. The number of nitrogen functional groups attached to an aromatic ring is 1. The van der Waals surface area contributed by atoms with Gasteiger partial charge >= 0.3 is 5.97 Å². The quantitative estimate of drug-likeness (QED) is 0.747. The third-order valence-electron chi connectivity index (χ3n) is 3.07. The van der Waals surface area contributed by atoms with Crippen LogP contribution < -0.4 is 11.1 Å². The molecule has 0 aromatic heterocycles. The predicted molar refractivity (Wildman–Crippen MR) is 82.0 cm³/mol. The summed E-state index contributed by atoms with van der Waals surface area (Å²) in [5.74, 6) is -1.08. The van der Waals surface area contributed by atoms with Crippen LogP contribution in [-0.4, -0.2) is 11.1 Å². The van der Waals surface area contributed by atoms with Gasteiger partial charge < -0.3 is 16.2 Å². The summed E-state index contributed by atoms with van der Waals surface area (Å²) >= 11 is 6.13. The molecular weight excluding hydrogens is 276 g/mol. The Labute approximate surface area is 122 Å². The number of carbonyl (C=O) groups is 1. The molecule has 0 saturated heterocycles. The van der Waals surface area contributed by atoms with Crippen LogP contribution in [0.15, 0.2) is 30.3 Å². The summed E-state index contributed by atoms with van der Waals surface area (Å²) in [6, 6.07) is 8.76. The maximum atomic E-state index is 11.3. The van der Waals surface area contributed by atoms with Gasteiger partial charge in [-0.15, -0.1) is 0 Å². The van der Waals surface area contributed by atoms with Gasteiger partial charge in [0.25, 0.3) is 0 Å². The molecule has 0 unspecified atom stereocenters. The summed E-state index contributed by atoms with van der Waals surface area (Å²) in [6.45, 7) is 3.89. The number of hydrogen-bond acceptors (Lipinski definition) is 3. The van der Waals surface area contributed by atoms with Gasteiger partial charge in [-0.2, -0.15) is 0 Å². The van der Waals surface area contributed by atoms with Crippen LogP contribution in [-0.2, 0) is 0 Å². The topological polar surface area (TPSA) is 75.3 Å². The van der Waals surface area contributed by atoms with E-state index >= 15 is 0 Å². The molecule has 0 aliphatic heterocycles. The van der Waals surface area contributed by atoms with Crippen molar-refractivity contribution < 1.29 is 9.90 Å². The zero-order valence-corrected chi connectivity index (χ0v) is 12.0. The number of aromatic carboxylic acids is 1. The van der Waals surface area contributed by atoms with Crippen LogP contribution >= 0.6 is 11.6 Å². The molecule has 5 heteroatoms. The van der Waals surface area contributed by atoms with Crippen LogP contribution in [0.5, 0.6) is 0 Å². The number of para-hydroxylation sites is 1. The molecule has 0 radical (unpaired) electrons. The Hall–Kier alpha value is -2.20. The Bertz CT molecular complexity index is 664. The molecule has 0 fully saturated rings. The molecule has 20 heavy (non-hydrogen) atoms. The second-order valence-corrected chi connectivity index (χ2v) is 5.03. The summed E-state index contributed by atoms with van der Waals surface area (Å²) < 4.78 is 0. The molecular formula is C15H15ClN2O2. The molecule has 104 valence electrons. The van der Waals surface area contributed by atoms with Crippen molar-refractivity contribution in [2.24, 2.45) is 0 Å². The molecule has 0 bridgehead atoms. The average Bonchev–Trinajstić information content (AvgIpc) is 2.35. The highest BCUT2D eigenvalue weighted by molar-refractivity contribution is 6.34. The van der Waals surface area contributed by atoms with Gasteiger partial charge in [0.05, 0.1) is 16.3 Å². The summed E-state index contributed by atoms with van der Waals surface area (Å²) in [5.41, 5.74) is 9.23. The lowest BCUT2D eigenvalue weighted by atomic mass is 10.1. The van der Waals surface area contributed by atoms with Crippen molar-refractivity contribution >= 4 is 34.6 Å². The first-order valence-corrected chi connectivity index (χ1v) is 6.43. The van der Waals surface area contributed by atoms with Gasteiger partial charge in [0, 0.05) is 11.4 Å². The van der Waals surface area contributed by atoms with E-state index in [1.165, 1.54) is 12.1 Å². The van der Waals surface area contributed by atoms with Gasteiger partial charge in [0.15, 0.2) is 0 Å². The second kappa shape index (κ2) is 5.43. The van der Waals surface area contributed by atoms with Gasteiger partial charge in [-0.1, -0.05) is 29.8 Å². The van der Waals surface area contributed by atoms with Crippen LogP contribution in [0.4, 0.5) is 17.1 Å². The number of nitrogens with one attached hydrogen (secondary N) is 1. The highest BCUT2D eigenvalue weighted by Crippen LogP contribution is 2.34. The number of carboxylic acid groups (broad SMARTS) is 1. The Balaban J connectivity index is 2.56. The zero-order valence-electron chi connectivity index (χ0n) is 11.2. The van der Waals surface area contributed by atoms with Gasteiger partial charge in [-0.05, 0) is 37.1 Å².